The second-order valence-electron chi connectivity index (χ2n) is 4.88. The van der Waals surface area contributed by atoms with E-state index in [1.54, 1.807) is 6.20 Å². The Balaban J connectivity index is 2.19. The summed E-state index contributed by atoms with van der Waals surface area (Å²) >= 11 is 6.23. The maximum absolute atomic E-state index is 6.37. The molecule has 2 N–H and O–H groups in total. The van der Waals surface area contributed by atoms with Crippen LogP contribution in [0.5, 0.6) is 0 Å². The summed E-state index contributed by atoms with van der Waals surface area (Å²) in [6, 6.07) is -0.181. The average molecular weight is 272 g/mol. The van der Waals surface area contributed by atoms with E-state index in [-0.39, 0.29) is 12.1 Å². The number of aryl methyl sites for hydroxylation is 1. The van der Waals surface area contributed by atoms with E-state index < -0.39 is 0 Å². The van der Waals surface area contributed by atoms with Crippen LogP contribution in [0.1, 0.15) is 44.8 Å². The van der Waals surface area contributed by atoms with Crippen molar-refractivity contribution < 1.29 is 4.74 Å². The van der Waals surface area contributed by atoms with E-state index in [1.165, 1.54) is 12.8 Å². The van der Waals surface area contributed by atoms with Gasteiger partial charge >= 0.3 is 0 Å². The van der Waals surface area contributed by atoms with Crippen LogP contribution < -0.4 is 5.73 Å². The van der Waals surface area contributed by atoms with E-state index in [9.17, 15) is 0 Å². The monoisotopic (exact) mass is 271 g/mol. The minimum Gasteiger partial charge on any atom is -0.376 e. The van der Waals surface area contributed by atoms with E-state index in [0.717, 1.165) is 18.7 Å². The molecule has 0 spiro atoms. The van der Waals surface area contributed by atoms with Crippen LogP contribution in [0, 0.1) is 5.92 Å². The molecule has 2 atom stereocenters. The van der Waals surface area contributed by atoms with Crippen molar-refractivity contribution in [2.24, 2.45) is 11.7 Å². The Morgan fingerprint density at radius 2 is 2.28 bits per heavy atom. The third-order valence-corrected chi connectivity index (χ3v) is 3.68. The molecule has 1 fully saturated rings. The Bertz CT molecular complexity index is 390. The van der Waals surface area contributed by atoms with E-state index in [4.69, 9.17) is 22.1 Å². The van der Waals surface area contributed by atoms with Crippen molar-refractivity contribution in [2.45, 2.75) is 51.8 Å². The van der Waals surface area contributed by atoms with Crippen LogP contribution in [0.4, 0.5) is 0 Å². The summed E-state index contributed by atoms with van der Waals surface area (Å²) in [7, 11) is 0. The maximum Gasteiger partial charge on any atom is 0.0835 e. The predicted molar refractivity (Wildman–Crippen MR) is 72.6 cm³/mol. The van der Waals surface area contributed by atoms with Crippen molar-refractivity contribution in [3.63, 3.8) is 0 Å². The third-order valence-electron chi connectivity index (χ3n) is 3.38. The van der Waals surface area contributed by atoms with Crippen molar-refractivity contribution in [3.05, 3.63) is 16.9 Å². The second-order valence-corrected chi connectivity index (χ2v) is 5.29. The fraction of sp³-hybridized carbons (Fsp3) is 0.769. The highest BCUT2D eigenvalue weighted by atomic mass is 35.5. The molecule has 0 amide bonds. The van der Waals surface area contributed by atoms with Gasteiger partial charge in [0.2, 0.25) is 0 Å². The highest BCUT2D eigenvalue weighted by molar-refractivity contribution is 6.31. The summed E-state index contributed by atoms with van der Waals surface area (Å²) in [5.74, 6) is 0.584. The van der Waals surface area contributed by atoms with Crippen molar-refractivity contribution in [2.75, 3.05) is 6.61 Å². The van der Waals surface area contributed by atoms with Gasteiger partial charge in [-0.3, -0.25) is 4.68 Å². The minimum absolute atomic E-state index is 0.0693. The van der Waals surface area contributed by atoms with E-state index >= 15 is 0 Å². The van der Waals surface area contributed by atoms with Gasteiger partial charge in [-0.15, -0.1) is 0 Å². The van der Waals surface area contributed by atoms with Crippen LogP contribution in [-0.4, -0.2) is 22.5 Å². The zero-order valence-corrected chi connectivity index (χ0v) is 11.9. The smallest absolute Gasteiger partial charge is 0.0835 e. The number of hydrogen-bond donors (Lipinski definition) is 1. The van der Waals surface area contributed by atoms with Gasteiger partial charge in [-0.25, -0.2) is 0 Å². The van der Waals surface area contributed by atoms with Crippen molar-refractivity contribution >= 4 is 11.6 Å². The van der Waals surface area contributed by atoms with Gasteiger partial charge in [-0.05, 0) is 32.1 Å². The summed E-state index contributed by atoms with van der Waals surface area (Å²) in [4.78, 5) is 0. The lowest BCUT2D eigenvalue weighted by Gasteiger charge is -2.24. The molecular formula is C13H22ClN3O. The first kappa shape index (κ1) is 13.8. The van der Waals surface area contributed by atoms with Crippen molar-refractivity contribution in [1.29, 1.82) is 0 Å². The molecule has 2 rings (SSSR count). The zero-order valence-electron chi connectivity index (χ0n) is 11.1. The second kappa shape index (κ2) is 6.04. The van der Waals surface area contributed by atoms with Gasteiger partial charge in [0.05, 0.1) is 29.1 Å². The number of halogens is 1. The van der Waals surface area contributed by atoms with Crippen LogP contribution in [0.25, 0.3) is 0 Å². The molecule has 1 heterocycles. The zero-order chi connectivity index (χ0) is 13.1. The summed E-state index contributed by atoms with van der Waals surface area (Å²) < 4.78 is 7.73. The fourth-order valence-corrected chi connectivity index (χ4v) is 2.67. The molecule has 1 aromatic rings. The maximum atomic E-state index is 6.37. The van der Waals surface area contributed by atoms with E-state index in [2.05, 4.69) is 12.0 Å². The number of rotatable bonds is 7. The molecule has 1 aliphatic rings. The number of nitrogens with two attached hydrogens (primary N) is 1. The first-order valence-corrected chi connectivity index (χ1v) is 7.15. The van der Waals surface area contributed by atoms with Gasteiger partial charge < -0.3 is 10.5 Å². The summed E-state index contributed by atoms with van der Waals surface area (Å²) in [5.41, 5.74) is 7.29. The molecule has 0 radical (unpaired) electrons. The number of hydrogen-bond acceptors (Lipinski definition) is 3. The highest BCUT2D eigenvalue weighted by Crippen LogP contribution is 2.40. The normalized spacial score (nSPS) is 18.9. The average Bonchev–Trinajstić information content (AvgIpc) is 3.11. The third kappa shape index (κ3) is 2.87. The van der Waals surface area contributed by atoms with Gasteiger partial charge in [0.25, 0.3) is 0 Å². The lowest BCUT2D eigenvalue weighted by Crippen LogP contribution is -2.33. The molecule has 1 aliphatic carbocycles. The molecule has 0 bridgehead atoms. The van der Waals surface area contributed by atoms with E-state index in [1.807, 2.05) is 11.6 Å². The molecule has 0 aromatic carbocycles. The number of aromatic nitrogens is 2. The van der Waals surface area contributed by atoms with Crippen molar-refractivity contribution in [3.8, 4) is 0 Å². The lowest BCUT2D eigenvalue weighted by molar-refractivity contribution is 0.0263. The Morgan fingerprint density at radius 3 is 2.83 bits per heavy atom. The summed E-state index contributed by atoms with van der Waals surface area (Å²) in [6.45, 7) is 5.66. The predicted octanol–water partition coefficient (Wildman–Crippen LogP) is 2.76. The molecule has 4 nitrogen and oxygen atoms in total. The van der Waals surface area contributed by atoms with Crippen LogP contribution in [-0.2, 0) is 11.3 Å². The standard InChI is InChI=1S/C13H22ClN3O/c1-3-7-17-12(10(14)8-16-17)11(15)13(18-4-2)9-5-6-9/h8-9,11,13H,3-7,15H2,1-2H3. The van der Waals surface area contributed by atoms with Gasteiger partial charge in [-0.2, -0.15) is 5.10 Å². The SMILES string of the molecule is CCCn1ncc(Cl)c1C(N)C(OCC)C1CC1. The molecule has 102 valence electrons. The Labute approximate surface area is 113 Å². The molecule has 18 heavy (non-hydrogen) atoms. The number of nitrogens with zero attached hydrogens (tertiary/aromatic N) is 2. The Hall–Kier alpha value is -0.580. The van der Waals surface area contributed by atoms with Gasteiger partial charge in [0.15, 0.2) is 0 Å². The van der Waals surface area contributed by atoms with Gasteiger partial charge in [0.1, 0.15) is 0 Å². The first-order chi connectivity index (χ1) is 8.69. The van der Waals surface area contributed by atoms with Crippen LogP contribution in [0.2, 0.25) is 5.02 Å². The Morgan fingerprint density at radius 1 is 1.56 bits per heavy atom. The topological polar surface area (TPSA) is 53.1 Å². The highest BCUT2D eigenvalue weighted by Gasteiger charge is 2.38. The number of ether oxygens (including phenoxy) is 1. The molecule has 0 saturated heterocycles. The fourth-order valence-electron chi connectivity index (χ4n) is 2.40. The van der Waals surface area contributed by atoms with Crippen LogP contribution in [0.15, 0.2) is 6.20 Å². The van der Waals surface area contributed by atoms with Gasteiger partial charge in [0, 0.05) is 13.2 Å². The molecule has 5 heteroatoms. The van der Waals surface area contributed by atoms with Crippen molar-refractivity contribution in [1.82, 2.24) is 9.78 Å². The molecular weight excluding hydrogens is 250 g/mol. The molecule has 1 saturated carbocycles. The molecule has 2 unspecified atom stereocenters. The quantitative estimate of drug-likeness (QED) is 0.830. The first-order valence-electron chi connectivity index (χ1n) is 6.77. The summed E-state index contributed by atoms with van der Waals surface area (Å²) in [5, 5.41) is 4.95. The van der Waals surface area contributed by atoms with Gasteiger partial charge in [-0.1, -0.05) is 18.5 Å². The largest absolute Gasteiger partial charge is 0.376 e. The van der Waals surface area contributed by atoms with E-state index in [0.29, 0.717) is 17.5 Å². The Kier molecular flexibility index (Phi) is 4.65. The minimum atomic E-state index is -0.181. The van der Waals surface area contributed by atoms with Crippen LogP contribution in [0.3, 0.4) is 0 Å². The summed E-state index contributed by atoms with van der Waals surface area (Å²) in [6.07, 6.45) is 5.18. The lowest BCUT2D eigenvalue weighted by atomic mass is 10.0. The van der Waals surface area contributed by atoms with Crippen LogP contribution >= 0.6 is 11.6 Å². The molecule has 1 aromatic heterocycles. The molecule has 0 aliphatic heterocycles.